The smallest absolute Gasteiger partial charge is 0.129 e. The first-order chi connectivity index (χ1) is 6.81. The number of ether oxygens (including phenoxy) is 1. The number of hydrogen-bond donors (Lipinski definition) is 2. The molecular formula is C8H11N5O. The van der Waals surface area contributed by atoms with Crippen molar-refractivity contribution < 1.29 is 4.74 Å². The molecule has 6 heteroatoms. The number of pyridine rings is 1. The molecule has 2 rings (SSSR count). The molecule has 1 fully saturated rings. The summed E-state index contributed by atoms with van der Waals surface area (Å²) in [6, 6.07) is 1.90. The summed E-state index contributed by atoms with van der Waals surface area (Å²) in [4.78, 5) is 4.05. The number of nitrogens with two attached hydrogens (primary N) is 2. The normalized spacial score (nSPS) is 19.9. The van der Waals surface area contributed by atoms with Crippen LogP contribution in [0.15, 0.2) is 23.6 Å². The molecule has 1 aromatic rings. The van der Waals surface area contributed by atoms with E-state index in [1.54, 1.807) is 12.4 Å². The van der Waals surface area contributed by atoms with E-state index < -0.39 is 0 Å². The van der Waals surface area contributed by atoms with Crippen molar-refractivity contribution in [2.45, 2.75) is 6.10 Å². The fourth-order valence-corrected chi connectivity index (χ4v) is 1.14. The molecular weight excluding hydrogens is 182 g/mol. The number of anilines is 1. The Morgan fingerprint density at radius 1 is 1.64 bits per heavy atom. The molecule has 0 unspecified atom stereocenters. The highest BCUT2D eigenvalue weighted by Gasteiger charge is 2.25. The van der Waals surface area contributed by atoms with Crippen LogP contribution in [0.25, 0.3) is 0 Å². The highest BCUT2D eigenvalue weighted by atomic mass is 16.6. The molecule has 14 heavy (non-hydrogen) atoms. The van der Waals surface area contributed by atoms with Crippen molar-refractivity contribution in [2.75, 3.05) is 11.6 Å². The minimum atomic E-state index is 0.172. The fraction of sp³-hybridized carbons (Fsp3) is 0.250. The highest BCUT2D eigenvalue weighted by Crippen LogP contribution is 2.30. The summed E-state index contributed by atoms with van der Waals surface area (Å²) >= 11 is 0. The van der Waals surface area contributed by atoms with E-state index in [1.807, 2.05) is 6.07 Å². The number of hydrazone groups is 1. The van der Waals surface area contributed by atoms with Gasteiger partial charge in [0.15, 0.2) is 0 Å². The first-order valence-corrected chi connectivity index (χ1v) is 4.15. The van der Waals surface area contributed by atoms with Gasteiger partial charge in [0.2, 0.25) is 0 Å². The van der Waals surface area contributed by atoms with E-state index in [-0.39, 0.29) is 6.10 Å². The van der Waals surface area contributed by atoms with Crippen molar-refractivity contribution in [3.8, 4) is 0 Å². The molecule has 0 spiro atoms. The van der Waals surface area contributed by atoms with Crippen LogP contribution in [0.2, 0.25) is 0 Å². The van der Waals surface area contributed by atoms with Gasteiger partial charge in [-0.2, -0.15) is 5.10 Å². The Morgan fingerprint density at radius 2 is 2.43 bits per heavy atom. The third-order valence-corrected chi connectivity index (χ3v) is 1.94. The highest BCUT2D eigenvalue weighted by molar-refractivity contribution is 5.76. The van der Waals surface area contributed by atoms with E-state index >= 15 is 0 Å². The van der Waals surface area contributed by atoms with Crippen molar-refractivity contribution in [3.05, 3.63) is 24.0 Å². The van der Waals surface area contributed by atoms with Gasteiger partial charge in [0.1, 0.15) is 12.4 Å². The minimum Gasteiger partial charge on any atom is -0.368 e. The summed E-state index contributed by atoms with van der Waals surface area (Å²) in [5, 5.41) is 4.62. The number of hydrazine groups is 1. The molecule has 1 aromatic heterocycles. The molecule has 1 atom stereocenters. The predicted molar refractivity (Wildman–Crippen MR) is 52.3 cm³/mol. The van der Waals surface area contributed by atoms with Crippen LogP contribution in [0.4, 0.5) is 5.69 Å². The van der Waals surface area contributed by atoms with Gasteiger partial charge in [-0.1, -0.05) is 0 Å². The lowest BCUT2D eigenvalue weighted by Gasteiger charge is -2.11. The fourth-order valence-electron chi connectivity index (χ4n) is 1.14. The van der Waals surface area contributed by atoms with Gasteiger partial charge < -0.3 is 10.6 Å². The second-order valence-electron chi connectivity index (χ2n) is 2.97. The first-order valence-electron chi connectivity index (χ1n) is 4.15. The molecule has 74 valence electrons. The molecule has 1 aliphatic heterocycles. The van der Waals surface area contributed by atoms with E-state index in [4.69, 9.17) is 16.4 Å². The molecule has 0 aromatic carbocycles. The van der Waals surface area contributed by atoms with Crippen LogP contribution in [0.5, 0.6) is 0 Å². The average Bonchev–Trinajstić information content (AvgIpc) is 3.02. The maximum absolute atomic E-state index is 5.62. The van der Waals surface area contributed by atoms with Gasteiger partial charge in [-0.05, 0) is 6.07 Å². The summed E-state index contributed by atoms with van der Waals surface area (Å²) < 4.78 is 5.13. The Kier molecular flexibility index (Phi) is 2.30. The second kappa shape index (κ2) is 3.60. The zero-order chi connectivity index (χ0) is 9.97. The topological polar surface area (TPSA) is 93.1 Å². The number of nitrogens with zero attached hydrogens (tertiary/aromatic N) is 3. The van der Waals surface area contributed by atoms with Gasteiger partial charge >= 0.3 is 0 Å². The molecule has 0 amide bonds. The van der Waals surface area contributed by atoms with Gasteiger partial charge in [-0.3, -0.25) is 9.99 Å². The largest absolute Gasteiger partial charge is 0.368 e. The van der Waals surface area contributed by atoms with Crippen LogP contribution >= 0.6 is 0 Å². The monoisotopic (exact) mass is 193 g/mol. The van der Waals surface area contributed by atoms with Crippen molar-refractivity contribution in [1.82, 2.24) is 4.98 Å². The molecule has 0 bridgehead atoms. The lowest BCUT2D eigenvalue weighted by Crippen LogP contribution is -2.29. The maximum Gasteiger partial charge on any atom is 0.129 e. The van der Waals surface area contributed by atoms with Gasteiger partial charge in [0.25, 0.3) is 0 Å². The number of epoxide rings is 1. The summed E-state index contributed by atoms with van der Waals surface area (Å²) in [6.07, 6.45) is 4.88. The second-order valence-corrected chi connectivity index (χ2v) is 2.97. The summed E-state index contributed by atoms with van der Waals surface area (Å²) in [6.45, 7) is 0.751. The quantitative estimate of drug-likeness (QED) is 0.227. The summed E-state index contributed by atoms with van der Waals surface area (Å²) in [5.74, 6) is 10.6. The van der Waals surface area contributed by atoms with Crippen LogP contribution in [0.3, 0.4) is 0 Å². The van der Waals surface area contributed by atoms with E-state index in [9.17, 15) is 0 Å². The molecule has 2 heterocycles. The van der Waals surface area contributed by atoms with Crippen LogP contribution < -0.4 is 16.7 Å². The molecule has 4 N–H and O–H groups in total. The van der Waals surface area contributed by atoms with Gasteiger partial charge in [-0.15, -0.1) is 0 Å². The molecule has 0 radical (unpaired) electrons. The Balaban J connectivity index is 2.20. The summed E-state index contributed by atoms with van der Waals surface area (Å²) in [7, 11) is 0. The van der Waals surface area contributed by atoms with Crippen LogP contribution in [-0.2, 0) is 4.74 Å². The third kappa shape index (κ3) is 1.81. The zero-order valence-corrected chi connectivity index (χ0v) is 7.50. The first kappa shape index (κ1) is 8.92. The minimum absolute atomic E-state index is 0.172. The Labute approximate surface area is 81.1 Å². The van der Waals surface area contributed by atoms with E-state index in [2.05, 4.69) is 10.1 Å². The van der Waals surface area contributed by atoms with Crippen molar-refractivity contribution in [2.24, 2.45) is 16.8 Å². The van der Waals surface area contributed by atoms with E-state index in [1.165, 1.54) is 11.3 Å². The van der Waals surface area contributed by atoms with Gasteiger partial charge in [0, 0.05) is 11.8 Å². The summed E-state index contributed by atoms with van der Waals surface area (Å²) in [5.41, 5.74) is 1.75. The van der Waals surface area contributed by atoms with E-state index in [0.717, 1.165) is 17.9 Å². The predicted octanol–water partition coefficient (Wildman–Crippen LogP) is -0.265. The Hall–Kier alpha value is -1.66. The van der Waals surface area contributed by atoms with Crippen LogP contribution in [0.1, 0.15) is 11.7 Å². The molecule has 6 nitrogen and oxygen atoms in total. The maximum atomic E-state index is 5.62. The molecule has 0 aliphatic carbocycles. The molecule has 1 aliphatic rings. The zero-order valence-electron chi connectivity index (χ0n) is 7.50. The Morgan fingerprint density at radius 3 is 3.07 bits per heavy atom. The van der Waals surface area contributed by atoms with Gasteiger partial charge in [-0.25, -0.2) is 5.84 Å². The number of rotatable bonds is 3. The lowest BCUT2D eigenvalue weighted by atomic mass is 10.2. The molecule has 1 saturated heterocycles. The number of aromatic nitrogens is 1. The van der Waals surface area contributed by atoms with E-state index in [0.29, 0.717) is 0 Å². The SMILES string of the molecule is N/N=C\N(N)c1cncc([C@H]2CO2)c1. The standard InChI is InChI=1S/C8H11N5O/c9-12-5-13(10)7-1-6(2-11-3-7)8-4-14-8/h1-3,5,8H,4,9-10H2/b12-5-/t8-/m1/s1. The number of hydrogen-bond acceptors (Lipinski definition) is 5. The molecule has 0 saturated carbocycles. The van der Waals surface area contributed by atoms with Crippen molar-refractivity contribution in [1.29, 1.82) is 0 Å². The van der Waals surface area contributed by atoms with Gasteiger partial charge in [0.05, 0.1) is 18.5 Å². The third-order valence-electron chi connectivity index (χ3n) is 1.94. The van der Waals surface area contributed by atoms with Crippen LogP contribution in [-0.4, -0.2) is 17.9 Å². The Bertz CT molecular complexity index is 349. The van der Waals surface area contributed by atoms with Crippen molar-refractivity contribution >= 4 is 12.0 Å². The average molecular weight is 193 g/mol. The van der Waals surface area contributed by atoms with Crippen LogP contribution in [0, 0.1) is 0 Å². The lowest BCUT2D eigenvalue weighted by molar-refractivity contribution is 0.415. The van der Waals surface area contributed by atoms with Crippen molar-refractivity contribution in [3.63, 3.8) is 0 Å².